The molecule has 4 rings (SSSR count). The van der Waals surface area contributed by atoms with Gasteiger partial charge in [0.05, 0.1) is 23.7 Å². The van der Waals surface area contributed by atoms with Crippen molar-refractivity contribution in [3.63, 3.8) is 0 Å². The zero-order chi connectivity index (χ0) is 21.1. The Kier molecular flexibility index (Phi) is 5.73. The lowest BCUT2D eigenvalue weighted by Gasteiger charge is -2.10. The number of aryl methyl sites for hydroxylation is 1. The Morgan fingerprint density at radius 3 is 2.41 bits per heavy atom. The van der Waals surface area contributed by atoms with Crippen LogP contribution in [0, 0.1) is 6.92 Å². The number of benzene rings is 2. The molecule has 150 valence electrons. The van der Waals surface area contributed by atoms with Gasteiger partial charge in [-0.1, -0.05) is 13.8 Å². The lowest BCUT2D eigenvalue weighted by atomic mass is 10.1. The number of fused-ring (bicyclic) bond motifs is 2. The highest BCUT2D eigenvalue weighted by atomic mass is 16.5. The van der Waals surface area contributed by atoms with Gasteiger partial charge in [-0.3, -0.25) is 9.78 Å². The Balaban J connectivity index is 0.00000117. The predicted molar refractivity (Wildman–Crippen MR) is 116 cm³/mol. The van der Waals surface area contributed by atoms with E-state index in [1.807, 2.05) is 74.9 Å². The first kappa shape index (κ1) is 20.2. The Morgan fingerprint density at radius 2 is 1.72 bits per heavy atom. The number of methoxy groups -OCH3 is 1. The summed E-state index contributed by atoms with van der Waals surface area (Å²) in [5, 5.41) is 1.71. The fraction of sp³-hybridized carbons (Fsp3) is 0.217. The second-order valence-corrected chi connectivity index (χ2v) is 6.36. The monoisotopic (exact) mass is 391 g/mol. The van der Waals surface area contributed by atoms with E-state index < -0.39 is 5.91 Å². The zero-order valence-electron chi connectivity index (χ0n) is 17.3. The lowest BCUT2D eigenvalue weighted by Crippen LogP contribution is -2.12. The molecule has 1 amide bonds. The number of ether oxygens (including phenoxy) is 2. The maximum absolute atomic E-state index is 11.8. The first-order chi connectivity index (χ1) is 14.0. The molecular formula is C23H25N3O3. The molecule has 0 aliphatic heterocycles. The summed E-state index contributed by atoms with van der Waals surface area (Å²) >= 11 is 0. The van der Waals surface area contributed by atoms with Crippen molar-refractivity contribution in [1.82, 2.24) is 9.55 Å². The number of carbonyl (C=O) groups excluding carboxylic acids is 1. The number of carbonyl (C=O) groups is 1. The van der Waals surface area contributed by atoms with Crippen LogP contribution in [0.4, 0.5) is 0 Å². The van der Waals surface area contributed by atoms with Crippen LogP contribution >= 0.6 is 0 Å². The minimum absolute atomic E-state index is 0.430. The molecule has 0 atom stereocenters. The average Bonchev–Trinajstić information content (AvgIpc) is 2.99. The molecule has 4 aromatic rings. The molecule has 6 heteroatoms. The summed E-state index contributed by atoms with van der Waals surface area (Å²) in [7, 11) is 3.53. The molecule has 29 heavy (non-hydrogen) atoms. The number of pyridine rings is 1. The molecule has 2 aromatic carbocycles. The van der Waals surface area contributed by atoms with Crippen molar-refractivity contribution in [2.45, 2.75) is 20.8 Å². The van der Waals surface area contributed by atoms with E-state index in [-0.39, 0.29) is 0 Å². The van der Waals surface area contributed by atoms with E-state index in [1.54, 1.807) is 13.3 Å². The molecule has 2 N–H and O–H groups in total. The van der Waals surface area contributed by atoms with E-state index in [2.05, 4.69) is 4.98 Å². The van der Waals surface area contributed by atoms with E-state index in [0.717, 1.165) is 33.2 Å². The molecule has 6 nitrogen and oxygen atoms in total. The van der Waals surface area contributed by atoms with Gasteiger partial charge >= 0.3 is 0 Å². The fourth-order valence-corrected chi connectivity index (χ4v) is 3.36. The third-order valence-electron chi connectivity index (χ3n) is 4.85. The SMILES string of the molecule is CC.COc1ccc2c(Oc3ccc4c(C(N)=O)c(C)n(C)c4c3)ccnc2c1. The smallest absolute Gasteiger partial charge is 0.251 e. The van der Waals surface area contributed by atoms with Crippen LogP contribution in [0.25, 0.3) is 21.8 Å². The topological polar surface area (TPSA) is 79.4 Å². The Labute approximate surface area is 169 Å². The summed E-state index contributed by atoms with van der Waals surface area (Å²) in [5.74, 6) is 1.68. The van der Waals surface area contributed by atoms with Gasteiger partial charge in [0.1, 0.15) is 17.2 Å². The third-order valence-corrected chi connectivity index (χ3v) is 4.85. The molecule has 0 aliphatic carbocycles. The molecule has 0 spiro atoms. The van der Waals surface area contributed by atoms with Gasteiger partial charge in [0.25, 0.3) is 5.91 Å². The average molecular weight is 391 g/mol. The molecular weight excluding hydrogens is 366 g/mol. The van der Waals surface area contributed by atoms with Gasteiger partial charge in [-0.05, 0) is 37.3 Å². The number of primary amides is 1. The van der Waals surface area contributed by atoms with Crippen molar-refractivity contribution in [1.29, 1.82) is 0 Å². The quantitative estimate of drug-likeness (QED) is 0.533. The normalized spacial score (nSPS) is 10.5. The summed E-state index contributed by atoms with van der Waals surface area (Å²) < 4.78 is 13.3. The van der Waals surface area contributed by atoms with Crippen LogP contribution in [-0.4, -0.2) is 22.6 Å². The lowest BCUT2D eigenvalue weighted by molar-refractivity contribution is 0.100. The van der Waals surface area contributed by atoms with E-state index in [4.69, 9.17) is 15.2 Å². The number of hydrogen-bond donors (Lipinski definition) is 1. The minimum atomic E-state index is -0.430. The summed E-state index contributed by atoms with van der Waals surface area (Å²) in [6.07, 6.45) is 1.70. The second kappa shape index (κ2) is 8.22. The maximum atomic E-state index is 11.8. The van der Waals surface area contributed by atoms with Crippen LogP contribution in [0.2, 0.25) is 0 Å². The highest BCUT2D eigenvalue weighted by Crippen LogP contribution is 2.33. The van der Waals surface area contributed by atoms with Crippen molar-refractivity contribution >= 4 is 27.7 Å². The number of aromatic nitrogens is 2. The largest absolute Gasteiger partial charge is 0.497 e. The van der Waals surface area contributed by atoms with Gasteiger partial charge in [0.2, 0.25) is 0 Å². The summed E-state index contributed by atoms with van der Waals surface area (Å²) in [6, 6.07) is 13.1. The second-order valence-electron chi connectivity index (χ2n) is 6.36. The number of rotatable bonds is 4. The third kappa shape index (κ3) is 3.61. The molecule has 0 saturated heterocycles. The Bertz CT molecular complexity index is 1200. The van der Waals surface area contributed by atoms with Gasteiger partial charge in [-0.25, -0.2) is 0 Å². The molecule has 0 unspecified atom stereocenters. The van der Waals surface area contributed by atoms with Crippen molar-refractivity contribution in [2.24, 2.45) is 12.8 Å². The van der Waals surface area contributed by atoms with E-state index in [0.29, 0.717) is 17.1 Å². The van der Waals surface area contributed by atoms with Gasteiger partial charge in [0, 0.05) is 41.8 Å². The van der Waals surface area contributed by atoms with Crippen LogP contribution in [0.15, 0.2) is 48.7 Å². The van der Waals surface area contributed by atoms with Crippen LogP contribution in [0.5, 0.6) is 17.2 Å². The van der Waals surface area contributed by atoms with Gasteiger partial charge in [-0.15, -0.1) is 0 Å². The molecule has 2 aromatic heterocycles. The van der Waals surface area contributed by atoms with Crippen LogP contribution in [0.3, 0.4) is 0 Å². The Hall–Kier alpha value is -3.54. The van der Waals surface area contributed by atoms with Crippen molar-refractivity contribution in [3.05, 3.63) is 59.9 Å². The molecule has 0 aliphatic rings. The van der Waals surface area contributed by atoms with Gasteiger partial charge in [0.15, 0.2) is 0 Å². The number of amides is 1. The standard InChI is InChI=1S/C21H19N3O3.C2H6/c1-12-20(21(22)25)16-7-5-14(11-18(16)24(12)2)27-19-8-9-23-17-10-13(26-3)4-6-15(17)19;1-2/h4-11H,1-3H3,(H2,22,25);1-2H3. The zero-order valence-corrected chi connectivity index (χ0v) is 17.3. The highest BCUT2D eigenvalue weighted by molar-refractivity contribution is 6.08. The molecule has 0 radical (unpaired) electrons. The first-order valence-corrected chi connectivity index (χ1v) is 9.49. The minimum Gasteiger partial charge on any atom is -0.497 e. The first-order valence-electron chi connectivity index (χ1n) is 9.49. The summed E-state index contributed by atoms with van der Waals surface area (Å²) in [4.78, 5) is 16.2. The van der Waals surface area contributed by atoms with Crippen LogP contribution < -0.4 is 15.2 Å². The molecule has 0 saturated carbocycles. The number of hydrogen-bond acceptors (Lipinski definition) is 4. The van der Waals surface area contributed by atoms with E-state index in [9.17, 15) is 4.79 Å². The van der Waals surface area contributed by atoms with Crippen LogP contribution in [-0.2, 0) is 7.05 Å². The van der Waals surface area contributed by atoms with Gasteiger partial charge in [-0.2, -0.15) is 0 Å². The van der Waals surface area contributed by atoms with Gasteiger partial charge < -0.3 is 19.8 Å². The number of nitrogens with zero attached hydrogens (tertiary/aromatic N) is 2. The maximum Gasteiger partial charge on any atom is 0.251 e. The van der Waals surface area contributed by atoms with E-state index >= 15 is 0 Å². The Morgan fingerprint density at radius 1 is 1.03 bits per heavy atom. The van der Waals surface area contributed by atoms with Crippen LogP contribution in [0.1, 0.15) is 29.9 Å². The van der Waals surface area contributed by atoms with Crippen molar-refractivity contribution in [3.8, 4) is 17.2 Å². The van der Waals surface area contributed by atoms with Crippen molar-refractivity contribution in [2.75, 3.05) is 7.11 Å². The predicted octanol–water partition coefficient (Wildman–Crippen LogP) is 4.96. The summed E-state index contributed by atoms with van der Waals surface area (Å²) in [6.45, 7) is 5.88. The fourth-order valence-electron chi connectivity index (χ4n) is 3.36. The van der Waals surface area contributed by atoms with E-state index in [1.165, 1.54) is 0 Å². The molecule has 2 heterocycles. The molecule has 0 fully saturated rings. The van der Waals surface area contributed by atoms with Crippen molar-refractivity contribution < 1.29 is 14.3 Å². The highest BCUT2D eigenvalue weighted by Gasteiger charge is 2.17. The molecule has 0 bridgehead atoms. The number of nitrogens with two attached hydrogens (primary N) is 1. The summed E-state index contributed by atoms with van der Waals surface area (Å²) in [5.41, 5.74) is 8.59.